The lowest BCUT2D eigenvalue weighted by atomic mass is 9.73. The average molecular weight is 1520 g/mol. The molecule has 0 unspecified atom stereocenters. The van der Waals surface area contributed by atoms with Crippen molar-refractivity contribution in [2.45, 2.75) is 182 Å². The van der Waals surface area contributed by atoms with E-state index >= 15 is 0 Å². The summed E-state index contributed by atoms with van der Waals surface area (Å²) in [5, 5.41) is 32.0. The Hall–Kier alpha value is -9.50. The van der Waals surface area contributed by atoms with Crippen LogP contribution >= 0.6 is 0 Å². The molecule has 0 saturated heterocycles. The molecular formula is C102H110N4O8. The molecule has 0 aliphatic heterocycles. The fraction of sp³-hybridized carbons (Fsp3) is 0.392. The van der Waals surface area contributed by atoms with E-state index in [1.54, 1.807) is 0 Å². The first kappa shape index (κ1) is 77.1. The molecule has 0 fully saturated rings. The van der Waals surface area contributed by atoms with Gasteiger partial charge in [0.2, 0.25) is 0 Å². The molecule has 17 rings (SSSR count). The summed E-state index contributed by atoms with van der Waals surface area (Å²) in [7, 11) is 0. The fourth-order valence-corrected chi connectivity index (χ4v) is 18.5. The van der Waals surface area contributed by atoms with Gasteiger partial charge >= 0.3 is 0 Å². The molecule has 4 heterocycles. The Morgan fingerprint density at radius 2 is 0.491 bits per heavy atom. The molecule has 0 aliphatic rings. The van der Waals surface area contributed by atoms with E-state index in [0.717, 1.165) is 80.1 Å². The monoisotopic (exact) mass is 1520 g/mol. The lowest BCUT2D eigenvalue weighted by molar-refractivity contribution is 0.00594. The Kier molecular flexibility index (Phi) is 24.7. The highest BCUT2D eigenvalue weighted by Gasteiger charge is 2.33. The summed E-state index contributed by atoms with van der Waals surface area (Å²) in [5.74, 6) is 1.62. The number of aryl methyl sites for hydroxylation is 4. The smallest absolute Gasteiger partial charge is 0.120 e. The number of pyridine rings is 4. The molecule has 114 heavy (non-hydrogen) atoms. The Bertz CT molecular complexity index is 5580. The number of aromatic nitrogens is 4. The van der Waals surface area contributed by atoms with Gasteiger partial charge in [0.25, 0.3) is 0 Å². The maximum atomic E-state index is 6.95. The summed E-state index contributed by atoms with van der Waals surface area (Å²) in [6.45, 7) is 14.8. The highest BCUT2D eigenvalue weighted by atomic mass is 16.6. The molecule has 0 radical (unpaired) electrons. The second-order valence-electron chi connectivity index (χ2n) is 32.3. The summed E-state index contributed by atoms with van der Waals surface area (Å²) in [6, 6.07) is 50.4. The highest BCUT2D eigenvalue weighted by Crippen LogP contribution is 2.61. The minimum atomic E-state index is 0.373. The van der Waals surface area contributed by atoms with Gasteiger partial charge in [0.1, 0.15) is 24.7 Å². The van der Waals surface area contributed by atoms with Gasteiger partial charge in [-0.3, -0.25) is 19.9 Å². The van der Waals surface area contributed by atoms with E-state index in [1.165, 1.54) is 258 Å². The first-order valence-electron chi connectivity index (χ1n) is 43.1. The lowest BCUT2D eigenvalue weighted by Crippen LogP contribution is -2.13. The molecule has 0 saturated carbocycles. The van der Waals surface area contributed by atoms with Crippen molar-refractivity contribution in [1.29, 1.82) is 0 Å². The predicted octanol–water partition coefficient (Wildman–Crippen LogP) is 25.9. The van der Waals surface area contributed by atoms with E-state index in [2.05, 4.69) is 131 Å². The Labute approximate surface area is 670 Å². The average Bonchev–Trinajstić information content (AvgIpc) is 0.643. The van der Waals surface area contributed by atoms with Crippen LogP contribution in [0.2, 0.25) is 0 Å². The van der Waals surface area contributed by atoms with Gasteiger partial charge in [-0.05, 0) is 251 Å². The van der Waals surface area contributed by atoms with Crippen LogP contribution in [0.3, 0.4) is 0 Å². The maximum absolute atomic E-state index is 6.95. The predicted molar refractivity (Wildman–Crippen MR) is 473 cm³/mol. The molecule has 0 amide bonds. The number of unbranched alkanes of at least 4 members (excludes halogenated alkanes) is 18. The van der Waals surface area contributed by atoms with Crippen LogP contribution in [-0.2, 0) is 54.5 Å². The van der Waals surface area contributed by atoms with Crippen LogP contribution in [0.25, 0.3) is 152 Å². The van der Waals surface area contributed by atoms with Gasteiger partial charge in [-0.15, -0.1) is 0 Å². The van der Waals surface area contributed by atoms with Crippen molar-refractivity contribution in [1.82, 2.24) is 19.9 Å². The zero-order valence-corrected chi connectivity index (χ0v) is 67.5. The van der Waals surface area contributed by atoms with Crippen molar-refractivity contribution < 1.29 is 37.9 Å². The molecule has 0 N–H and O–H groups in total. The number of fused-ring (bicyclic) bond motifs is 6. The molecule has 0 atom stereocenters. The highest BCUT2D eigenvalue weighted by molar-refractivity contribution is 6.61. The molecule has 17 aromatic rings. The molecule has 0 aliphatic carbocycles. The Balaban J connectivity index is 0.675. The van der Waals surface area contributed by atoms with Crippen molar-refractivity contribution in [3.05, 3.63) is 192 Å². The first-order chi connectivity index (χ1) is 56.4. The van der Waals surface area contributed by atoms with Gasteiger partial charge in [0, 0.05) is 24.8 Å². The van der Waals surface area contributed by atoms with Crippen LogP contribution in [0.5, 0.6) is 11.5 Å². The van der Waals surface area contributed by atoms with Crippen LogP contribution in [0.15, 0.2) is 158 Å². The van der Waals surface area contributed by atoms with Crippen LogP contribution in [0, 0.1) is 13.8 Å². The number of hydrogen-bond donors (Lipinski definition) is 0. The first-order valence-corrected chi connectivity index (χ1v) is 43.1. The van der Waals surface area contributed by atoms with Crippen LogP contribution < -0.4 is 9.47 Å². The summed E-state index contributed by atoms with van der Waals surface area (Å²) in [4.78, 5) is 18.3. The maximum Gasteiger partial charge on any atom is 0.120 e. The second-order valence-corrected chi connectivity index (χ2v) is 32.3. The van der Waals surface area contributed by atoms with Gasteiger partial charge in [0.15, 0.2) is 0 Å². The van der Waals surface area contributed by atoms with E-state index in [0.29, 0.717) is 92.5 Å². The van der Waals surface area contributed by atoms with Crippen molar-refractivity contribution in [2.75, 3.05) is 79.3 Å². The van der Waals surface area contributed by atoms with Gasteiger partial charge < -0.3 is 37.9 Å². The van der Waals surface area contributed by atoms with E-state index in [1.807, 2.05) is 75.0 Å². The van der Waals surface area contributed by atoms with Crippen molar-refractivity contribution >= 4 is 129 Å². The number of nitrogens with zero attached hydrogens (tertiary/aromatic N) is 4. The van der Waals surface area contributed by atoms with Crippen LogP contribution in [-0.4, -0.2) is 99.2 Å². The molecule has 586 valence electrons. The molecule has 0 bridgehead atoms. The second kappa shape index (κ2) is 36.5. The Morgan fingerprint density at radius 1 is 0.228 bits per heavy atom. The fourth-order valence-electron chi connectivity index (χ4n) is 18.5. The van der Waals surface area contributed by atoms with E-state index < -0.39 is 0 Å². The number of hydrogen-bond acceptors (Lipinski definition) is 12. The van der Waals surface area contributed by atoms with Crippen molar-refractivity contribution in [3.63, 3.8) is 0 Å². The molecule has 12 nitrogen and oxygen atoms in total. The zero-order valence-electron chi connectivity index (χ0n) is 67.5. The van der Waals surface area contributed by atoms with Gasteiger partial charge in [0.05, 0.1) is 102 Å². The van der Waals surface area contributed by atoms with Gasteiger partial charge in [-0.25, -0.2) is 0 Å². The number of ether oxygens (including phenoxy) is 8. The minimum Gasteiger partial charge on any atom is -0.491 e. The van der Waals surface area contributed by atoms with E-state index in [4.69, 9.17) is 37.9 Å². The van der Waals surface area contributed by atoms with Crippen LogP contribution in [0.1, 0.15) is 176 Å². The van der Waals surface area contributed by atoms with Gasteiger partial charge in [-0.1, -0.05) is 214 Å². The lowest BCUT2D eigenvalue weighted by Gasteiger charge is -2.30. The third-order valence-electron chi connectivity index (χ3n) is 24.1. The standard InChI is InChI=1S/C102H110N4O8/c1-5-7-9-11-13-15-17-19-21-23-27-69-53-79-75-29-25-31-77-83-57-73(113-51-49-109-43-41-107-45-47-111-65-71-35-39-89(105-63-71)87-37-33-67(3)61-103-87)59-85-86-60-74(114-52-50-110-44-42-108-46-48-112-66-72-36-40-90(106-64-72)88-38-34-68(4)62-104-88)58-84-78-32-26-30-76-80-54-70(28-24-22-20-18-16-14-12-10-8-6-2)56-82-81(55-69)93(79)99-97(91(75)77)101(95(83)85)102(96(84)86)98(92(76)78)100(99)94(80)82/h25-26,29-40,53-64H,5-24,27-28,41-52,65-66H2,1-4H3. The van der Waals surface area contributed by atoms with Crippen LogP contribution in [0.4, 0.5) is 0 Å². The topological polar surface area (TPSA) is 125 Å². The summed E-state index contributed by atoms with van der Waals surface area (Å²) in [6.07, 6.45) is 36.1. The summed E-state index contributed by atoms with van der Waals surface area (Å²) in [5.41, 5.74) is 10.6. The zero-order chi connectivity index (χ0) is 77.1. The number of benzene rings is 13. The minimum absolute atomic E-state index is 0.373. The SMILES string of the molecule is CCCCCCCCCCCCc1cc2c3cccc4c5cc(OCCOCCOCCOCc6ccc(-c7ccc(C)cn7)nc6)cc6c7cc(OCCOCCOCCOCc8ccc(-c9ccc(C)cn9)nc8)cc8c9cccc%10c%11cc(CCCCCCCCCCCC)cc%12c(c1)c2c1c(c34)c(c56)c(c87)c(c%109)c1c%11%12. The van der Waals surface area contributed by atoms with E-state index in [-0.39, 0.29) is 0 Å². The third-order valence-corrected chi connectivity index (χ3v) is 24.1. The molecular weight excluding hydrogens is 1410 g/mol. The largest absolute Gasteiger partial charge is 0.491 e. The molecule has 4 aromatic heterocycles. The Morgan fingerprint density at radius 3 is 0.798 bits per heavy atom. The summed E-state index contributed by atoms with van der Waals surface area (Å²) >= 11 is 0. The third kappa shape index (κ3) is 16.3. The molecule has 0 spiro atoms. The van der Waals surface area contributed by atoms with E-state index in [9.17, 15) is 0 Å². The quantitative estimate of drug-likeness (QED) is 0.0205. The summed E-state index contributed by atoms with van der Waals surface area (Å²) < 4.78 is 50.3. The van der Waals surface area contributed by atoms with Crippen molar-refractivity contribution in [3.8, 4) is 34.3 Å². The molecule has 13 aromatic carbocycles. The van der Waals surface area contributed by atoms with Crippen molar-refractivity contribution in [2.24, 2.45) is 0 Å². The van der Waals surface area contributed by atoms with Gasteiger partial charge in [-0.2, -0.15) is 0 Å². The normalized spacial score (nSPS) is 12.5. The number of rotatable bonds is 48. The molecule has 12 heteroatoms.